The van der Waals surface area contributed by atoms with Crippen LogP contribution in [0.5, 0.6) is 0 Å². The molecule has 2 amide bonds. The number of urea groups is 1. The van der Waals surface area contributed by atoms with Crippen molar-refractivity contribution in [3.63, 3.8) is 0 Å². The predicted molar refractivity (Wildman–Crippen MR) is 65.0 cm³/mol. The van der Waals surface area contributed by atoms with E-state index in [2.05, 4.69) is 22.0 Å². The zero-order valence-electron chi connectivity index (χ0n) is 10.6. The third-order valence-corrected chi connectivity index (χ3v) is 2.74. The summed E-state index contributed by atoms with van der Waals surface area (Å²) in [6, 6.07) is -0.510. The first-order valence-corrected chi connectivity index (χ1v) is 6.17. The molecule has 1 atom stereocenters. The van der Waals surface area contributed by atoms with Crippen LogP contribution >= 0.6 is 0 Å². The first-order valence-electron chi connectivity index (χ1n) is 6.17. The van der Waals surface area contributed by atoms with E-state index in [-0.39, 0.29) is 0 Å². The minimum Gasteiger partial charge on any atom is -0.479 e. The second-order valence-electron chi connectivity index (χ2n) is 4.61. The molecule has 0 aliphatic carbocycles. The smallest absolute Gasteiger partial charge is 0.338 e. The van der Waals surface area contributed by atoms with Crippen molar-refractivity contribution in [2.45, 2.75) is 19.8 Å². The molecule has 3 N–H and O–H groups in total. The molecule has 0 spiro atoms. The Balaban J connectivity index is 2.03. The lowest BCUT2D eigenvalue weighted by Crippen LogP contribution is -2.40. The highest BCUT2D eigenvalue weighted by molar-refractivity contribution is 5.73. The molecule has 0 bridgehead atoms. The third kappa shape index (κ3) is 6.41. The van der Waals surface area contributed by atoms with E-state index in [1.807, 2.05) is 5.48 Å². The summed E-state index contributed by atoms with van der Waals surface area (Å²) in [5.41, 5.74) is 2.02. The van der Waals surface area contributed by atoms with Gasteiger partial charge in [0.15, 0.2) is 6.61 Å². The summed E-state index contributed by atoms with van der Waals surface area (Å²) in [6.07, 6.45) is 2.51. The quantitative estimate of drug-likeness (QED) is 0.561. The van der Waals surface area contributed by atoms with Gasteiger partial charge in [-0.3, -0.25) is 4.84 Å². The minimum atomic E-state index is -1.13. The van der Waals surface area contributed by atoms with Gasteiger partial charge < -0.3 is 15.3 Å². The second-order valence-corrected chi connectivity index (χ2v) is 4.61. The number of hydroxylamine groups is 1. The van der Waals surface area contributed by atoms with Crippen molar-refractivity contribution in [3.8, 4) is 0 Å². The fourth-order valence-electron chi connectivity index (χ4n) is 1.94. The lowest BCUT2D eigenvalue weighted by molar-refractivity contribution is -0.144. The number of likely N-dealkylation sites (tertiary alicyclic amines) is 1. The number of aliphatic carboxylic acids is 1. The van der Waals surface area contributed by atoms with Crippen molar-refractivity contribution in [2.24, 2.45) is 5.92 Å². The molecule has 1 saturated heterocycles. The Morgan fingerprint density at radius 2 is 2.06 bits per heavy atom. The highest BCUT2D eigenvalue weighted by atomic mass is 16.7. The van der Waals surface area contributed by atoms with E-state index in [1.54, 1.807) is 0 Å². The minimum absolute atomic E-state index is 0.355. The molecule has 0 aromatic carbocycles. The number of carboxylic acids is 1. The first-order chi connectivity index (χ1) is 8.58. The SMILES string of the molecule is CC(CNC(=O)NOCC(=O)O)CN1CCCC1. The monoisotopic (exact) mass is 259 g/mol. The Hall–Kier alpha value is -1.34. The summed E-state index contributed by atoms with van der Waals surface area (Å²) in [5.74, 6) is -0.772. The molecule has 1 aliphatic heterocycles. The van der Waals surface area contributed by atoms with Crippen molar-refractivity contribution in [2.75, 3.05) is 32.8 Å². The number of hydrogen-bond donors (Lipinski definition) is 3. The molecule has 18 heavy (non-hydrogen) atoms. The van der Waals surface area contributed by atoms with E-state index >= 15 is 0 Å². The first kappa shape index (κ1) is 14.7. The molecular formula is C11H21N3O4. The Morgan fingerprint density at radius 3 is 2.67 bits per heavy atom. The van der Waals surface area contributed by atoms with E-state index in [1.165, 1.54) is 12.8 Å². The maximum atomic E-state index is 11.2. The van der Waals surface area contributed by atoms with E-state index < -0.39 is 18.6 Å². The molecule has 1 aliphatic rings. The van der Waals surface area contributed by atoms with Gasteiger partial charge in [-0.2, -0.15) is 0 Å². The van der Waals surface area contributed by atoms with Gasteiger partial charge in [0.2, 0.25) is 0 Å². The number of amides is 2. The Kier molecular flexibility index (Phi) is 6.45. The molecule has 1 heterocycles. The average Bonchev–Trinajstić information content (AvgIpc) is 2.78. The summed E-state index contributed by atoms with van der Waals surface area (Å²) in [4.78, 5) is 28.2. The average molecular weight is 259 g/mol. The van der Waals surface area contributed by atoms with Gasteiger partial charge in [0.1, 0.15) is 0 Å². The van der Waals surface area contributed by atoms with Gasteiger partial charge >= 0.3 is 12.0 Å². The lowest BCUT2D eigenvalue weighted by atomic mass is 10.1. The molecule has 0 radical (unpaired) electrons. The Morgan fingerprint density at radius 1 is 1.39 bits per heavy atom. The molecule has 1 unspecified atom stereocenters. The summed E-state index contributed by atoms with van der Waals surface area (Å²) in [7, 11) is 0. The van der Waals surface area contributed by atoms with Crippen molar-refractivity contribution in [1.29, 1.82) is 0 Å². The molecule has 0 saturated carbocycles. The highest BCUT2D eigenvalue weighted by Crippen LogP contribution is 2.09. The van der Waals surface area contributed by atoms with Crippen molar-refractivity contribution in [1.82, 2.24) is 15.7 Å². The molecule has 7 heteroatoms. The van der Waals surface area contributed by atoms with E-state index in [4.69, 9.17) is 5.11 Å². The van der Waals surface area contributed by atoms with Gasteiger partial charge in [-0.15, -0.1) is 0 Å². The summed E-state index contributed by atoms with van der Waals surface area (Å²) in [6.45, 7) is 5.30. The standard InChI is InChI=1S/C11H21N3O4/c1-9(7-14-4-2-3-5-14)6-12-11(17)13-18-8-10(15)16/h9H,2-8H2,1H3,(H,15,16)(H2,12,13,17). The summed E-state index contributed by atoms with van der Waals surface area (Å²) < 4.78 is 0. The van der Waals surface area contributed by atoms with Gasteiger partial charge in [0, 0.05) is 13.1 Å². The van der Waals surface area contributed by atoms with Gasteiger partial charge in [0.05, 0.1) is 0 Å². The van der Waals surface area contributed by atoms with Crippen molar-refractivity contribution >= 4 is 12.0 Å². The predicted octanol–water partition coefficient (Wildman–Crippen LogP) is 0.0337. The van der Waals surface area contributed by atoms with Crippen LogP contribution in [0.2, 0.25) is 0 Å². The lowest BCUT2D eigenvalue weighted by Gasteiger charge is -2.20. The molecular weight excluding hydrogens is 238 g/mol. The Bertz CT molecular complexity index is 279. The number of hydrogen-bond acceptors (Lipinski definition) is 4. The number of carbonyl (C=O) groups is 2. The molecule has 1 rings (SSSR count). The molecule has 1 fully saturated rings. The maximum Gasteiger partial charge on any atom is 0.338 e. The van der Waals surface area contributed by atoms with Crippen molar-refractivity contribution in [3.05, 3.63) is 0 Å². The highest BCUT2D eigenvalue weighted by Gasteiger charge is 2.15. The topological polar surface area (TPSA) is 90.9 Å². The maximum absolute atomic E-state index is 11.2. The molecule has 104 valence electrons. The van der Waals surface area contributed by atoms with Gasteiger partial charge in [-0.25, -0.2) is 15.1 Å². The number of carboxylic acid groups (broad SMARTS) is 1. The number of nitrogens with one attached hydrogen (secondary N) is 2. The van der Waals surface area contributed by atoms with Crippen LogP contribution in [-0.2, 0) is 9.63 Å². The van der Waals surface area contributed by atoms with E-state index in [9.17, 15) is 9.59 Å². The number of carbonyl (C=O) groups excluding carboxylic acids is 1. The van der Waals surface area contributed by atoms with Gasteiger partial charge in [-0.05, 0) is 31.8 Å². The normalized spacial score (nSPS) is 17.4. The van der Waals surface area contributed by atoms with Crippen LogP contribution in [0.15, 0.2) is 0 Å². The van der Waals surface area contributed by atoms with Crippen LogP contribution in [0, 0.1) is 5.92 Å². The number of nitrogens with zero attached hydrogens (tertiary/aromatic N) is 1. The summed E-state index contributed by atoms with van der Waals surface area (Å²) >= 11 is 0. The molecule has 0 aromatic rings. The van der Waals surface area contributed by atoms with Crippen LogP contribution in [0.3, 0.4) is 0 Å². The van der Waals surface area contributed by atoms with Crippen LogP contribution in [0.25, 0.3) is 0 Å². The second kappa shape index (κ2) is 7.88. The van der Waals surface area contributed by atoms with Crippen LogP contribution in [0.4, 0.5) is 4.79 Å². The van der Waals surface area contributed by atoms with Crippen LogP contribution in [-0.4, -0.2) is 54.8 Å². The van der Waals surface area contributed by atoms with Crippen molar-refractivity contribution < 1.29 is 19.5 Å². The largest absolute Gasteiger partial charge is 0.479 e. The van der Waals surface area contributed by atoms with E-state index in [0.717, 1.165) is 19.6 Å². The zero-order valence-corrected chi connectivity index (χ0v) is 10.6. The van der Waals surface area contributed by atoms with Crippen LogP contribution < -0.4 is 10.8 Å². The van der Waals surface area contributed by atoms with Crippen LogP contribution in [0.1, 0.15) is 19.8 Å². The summed E-state index contributed by atoms with van der Waals surface area (Å²) in [5, 5.41) is 10.9. The fourth-order valence-corrected chi connectivity index (χ4v) is 1.94. The Labute approximate surface area is 106 Å². The molecule has 7 nitrogen and oxygen atoms in total. The van der Waals surface area contributed by atoms with Gasteiger partial charge in [0.25, 0.3) is 0 Å². The van der Waals surface area contributed by atoms with E-state index in [0.29, 0.717) is 12.5 Å². The zero-order chi connectivity index (χ0) is 13.4. The number of rotatable bonds is 7. The van der Waals surface area contributed by atoms with Gasteiger partial charge in [-0.1, -0.05) is 6.92 Å². The fraction of sp³-hybridized carbons (Fsp3) is 0.818. The molecule has 0 aromatic heterocycles. The third-order valence-electron chi connectivity index (χ3n) is 2.74.